The highest BCUT2D eigenvalue weighted by molar-refractivity contribution is 7.80. The van der Waals surface area contributed by atoms with Crippen LogP contribution in [0.25, 0.3) is 5.69 Å². The summed E-state index contributed by atoms with van der Waals surface area (Å²) in [5.41, 5.74) is 5.65. The number of pyridine rings is 1. The molecule has 1 aliphatic heterocycles. The smallest absolute Gasteiger partial charge is 0.296 e. The summed E-state index contributed by atoms with van der Waals surface area (Å²) in [7, 11) is 1.48. The number of carbonyl (C=O) groups excluding carboxylic acids is 1. The Morgan fingerprint density at radius 2 is 1.91 bits per heavy atom. The van der Waals surface area contributed by atoms with Crippen LogP contribution in [0, 0.1) is 24.0 Å². The van der Waals surface area contributed by atoms with E-state index < -0.39 is 4.92 Å². The minimum absolute atomic E-state index is 0.0602. The van der Waals surface area contributed by atoms with E-state index in [0.29, 0.717) is 23.1 Å². The molecule has 2 aromatic heterocycles. The molecule has 0 saturated carbocycles. The fraction of sp³-hybridized carbons (Fsp3) is 0.281. The topological polar surface area (TPSA) is 115 Å². The molecular weight excluding hydrogens is 564 g/mol. The molecule has 10 nitrogen and oxygen atoms in total. The van der Waals surface area contributed by atoms with Crippen LogP contribution in [0.2, 0.25) is 0 Å². The minimum Gasteiger partial charge on any atom is -0.496 e. The second-order valence-corrected chi connectivity index (χ2v) is 10.8. The summed E-state index contributed by atoms with van der Waals surface area (Å²) in [5.74, 6) is 0.299. The first-order chi connectivity index (χ1) is 20.7. The number of ether oxygens (including phenoxy) is 1. The number of aromatic nitrogens is 2. The molecule has 11 heteroatoms. The SMILES string of the molecule is CCc1ccccc1NC(=O)CCN1C(=S)N[C@@H](c2ccccn2)[C@@H]1c1cc(C)n(-c2ccc(OC)cc2[N+](=O)[O-])c1C. The second kappa shape index (κ2) is 12.6. The van der Waals surface area contributed by atoms with Crippen LogP contribution >= 0.6 is 12.2 Å². The van der Waals surface area contributed by atoms with Crippen LogP contribution in [-0.2, 0) is 11.2 Å². The lowest BCUT2D eigenvalue weighted by atomic mass is 9.96. The van der Waals surface area contributed by atoms with Crippen molar-refractivity contribution >= 4 is 34.6 Å². The maximum Gasteiger partial charge on any atom is 0.296 e. The van der Waals surface area contributed by atoms with Gasteiger partial charge in [-0.3, -0.25) is 19.9 Å². The van der Waals surface area contributed by atoms with Crippen molar-refractivity contribution in [2.75, 3.05) is 19.0 Å². The predicted octanol–water partition coefficient (Wildman–Crippen LogP) is 5.97. The summed E-state index contributed by atoms with van der Waals surface area (Å²) < 4.78 is 7.13. The molecule has 0 bridgehead atoms. The molecule has 0 radical (unpaired) electrons. The molecule has 0 unspecified atom stereocenters. The number of thiocarbonyl (C=S) groups is 1. The first-order valence-electron chi connectivity index (χ1n) is 14.1. The number of nitro groups is 1. The van der Waals surface area contributed by atoms with E-state index in [0.717, 1.165) is 40.3 Å². The highest BCUT2D eigenvalue weighted by Crippen LogP contribution is 2.42. The van der Waals surface area contributed by atoms with Gasteiger partial charge in [-0.2, -0.15) is 0 Å². The number of nitrogens with zero attached hydrogens (tertiary/aromatic N) is 4. The summed E-state index contributed by atoms with van der Waals surface area (Å²) >= 11 is 5.82. The third-order valence-electron chi connectivity index (χ3n) is 7.86. The number of nitrogens with one attached hydrogen (secondary N) is 2. The largest absolute Gasteiger partial charge is 0.496 e. The van der Waals surface area contributed by atoms with E-state index in [1.165, 1.54) is 13.2 Å². The zero-order chi connectivity index (χ0) is 30.7. The number of hydrogen-bond donors (Lipinski definition) is 2. The van der Waals surface area contributed by atoms with Crippen LogP contribution in [0.3, 0.4) is 0 Å². The van der Waals surface area contributed by atoms with E-state index in [-0.39, 0.29) is 30.1 Å². The maximum atomic E-state index is 13.1. The van der Waals surface area contributed by atoms with Gasteiger partial charge in [-0.15, -0.1) is 0 Å². The van der Waals surface area contributed by atoms with Gasteiger partial charge < -0.3 is 24.8 Å². The van der Waals surface area contributed by atoms with Crippen molar-refractivity contribution < 1.29 is 14.5 Å². The summed E-state index contributed by atoms with van der Waals surface area (Å²) in [6, 6.07) is 19.8. The summed E-state index contributed by atoms with van der Waals surface area (Å²) in [4.78, 5) is 31.4. The Balaban J connectivity index is 1.51. The quantitative estimate of drug-likeness (QED) is 0.130. The van der Waals surface area contributed by atoms with Gasteiger partial charge in [0.25, 0.3) is 5.69 Å². The van der Waals surface area contributed by atoms with Crippen molar-refractivity contribution in [2.24, 2.45) is 0 Å². The zero-order valence-corrected chi connectivity index (χ0v) is 25.4. The third kappa shape index (κ3) is 5.94. The van der Waals surface area contributed by atoms with Crippen LogP contribution < -0.4 is 15.4 Å². The van der Waals surface area contributed by atoms with E-state index in [1.807, 2.05) is 71.8 Å². The van der Waals surface area contributed by atoms with Gasteiger partial charge in [0.15, 0.2) is 5.11 Å². The fourth-order valence-electron chi connectivity index (χ4n) is 5.79. The second-order valence-electron chi connectivity index (χ2n) is 10.4. The molecule has 1 fully saturated rings. The minimum atomic E-state index is -0.402. The molecule has 4 aromatic rings. The molecule has 0 aliphatic carbocycles. The monoisotopic (exact) mass is 598 g/mol. The number of hydrogen-bond acceptors (Lipinski definition) is 6. The first-order valence-corrected chi connectivity index (χ1v) is 14.5. The molecule has 222 valence electrons. The normalized spacial score (nSPS) is 16.2. The number of nitro benzene ring substituents is 1. The molecule has 43 heavy (non-hydrogen) atoms. The number of benzene rings is 2. The Kier molecular flexibility index (Phi) is 8.72. The predicted molar refractivity (Wildman–Crippen MR) is 170 cm³/mol. The van der Waals surface area contributed by atoms with Crippen LogP contribution in [0.1, 0.15) is 53.6 Å². The number of carbonyl (C=O) groups is 1. The van der Waals surface area contributed by atoms with Gasteiger partial charge in [0.2, 0.25) is 5.91 Å². The average Bonchev–Trinajstić information content (AvgIpc) is 3.50. The molecule has 5 rings (SSSR count). The van der Waals surface area contributed by atoms with E-state index in [4.69, 9.17) is 17.0 Å². The van der Waals surface area contributed by atoms with Gasteiger partial charge in [-0.25, -0.2) is 0 Å². The average molecular weight is 599 g/mol. The molecule has 3 heterocycles. The number of rotatable bonds is 10. The Hall–Kier alpha value is -4.77. The van der Waals surface area contributed by atoms with Crippen LogP contribution in [0.5, 0.6) is 5.75 Å². The Morgan fingerprint density at radius 3 is 2.60 bits per heavy atom. The Bertz CT molecular complexity index is 1670. The highest BCUT2D eigenvalue weighted by atomic mass is 32.1. The first kappa shape index (κ1) is 29.7. The van der Waals surface area contributed by atoms with Crippen molar-refractivity contribution in [1.29, 1.82) is 0 Å². The molecule has 1 aliphatic rings. The van der Waals surface area contributed by atoms with Gasteiger partial charge in [0.1, 0.15) is 11.4 Å². The molecule has 2 N–H and O–H groups in total. The van der Waals surface area contributed by atoms with Crippen molar-refractivity contribution in [1.82, 2.24) is 19.8 Å². The number of methoxy groups -OCH3 is 1. The van der Waals surface area contributed by atoms with Crippen LogP contribution in [0.15, 0.2) is 72.9 Å². The summed E-state index contributed by atoms with van der Waals surface area (Å²) in [6.45, 7) is 6.29. The van der Waals surface area contributed by atoms with Gasteiger partial charge in [-0.1, -0.05) is 31.2 Å². The summed E-state index contributed by atoms with van der Waals surface area (Å²) in [5, 5.41) is 19.1. The number of anilines is 1. The number of amides is 1. The van der Waals surface area contributed by atoms with E-state index in [9.17, 15) is 14.9 Å². The molecule has 0 spiro atoms. The molecule has 1 saturated heterocycles. The van der Waals surface area contributed by atoms with E-state index in [1.54, 1.807) is 18.3 Å². The molecule has 1 amide bonds. The van der Waals surface area contributed by atoms with Crippen molar-refractivity contribution in [2.45, 2.75) is 45.7 Å². The van der Waals surface area contributed by atoms with Crippen LogP contribution in [-0.4, -0.2) is 44.0 Å². The van der Waals surface area contributed by atoms with Crippen molar-refractivity contribution in [3.05, 3.63) is 111 Å². The van der Waals surface area contributed by atoms with Gasteiger partial charge in [0.05, 0.1) is 35.9 Å². The lowest BCUT2D eigenvalue weighted by Crippen LogP contribution is -2.33. The fourth-order valence-corrected chi connectivity index (χ4v) is 6.13. The highest BCUT2D eigenvalue weighted by Gasteiger charge is 2.41. The number of aryl methyl sites for hydroxylation is 2. The lowest BCUT2D eigenvalue weighted by Gasteiger charge is -2.28. The van der Waals surface area contributed by atoms with Crippen LogP contribution in [0.4, 0.5) is 11.4 Å². The van der Waals surface area contributed by atoms with Crippen molar-refractivity contribution in [3.63, 3.8) is 0 Å². The molecule has 2 aromatic carbocycles. The van der Waals surface area contributed by atoms with Gasteiger partial charge >= 0.3 is 0 Å². The van der Waals surface area contributed by atoms with Gasteiger partial charge in [-0.05, 0) is 80.0 Å². The Morgan fingerprint density at radius 1 is 1.14 bits per heavy atom. The van der Waals surface area contributed by atoms with E-state index in [2.05, 4.69) is 22.5 Å². The molecule has 2 atom stereocenters. The van der Waals surface area contributed by atoms with Crippen molar-refractivity contribution in [3.8, 4) is 11.4 Å². The zero-order valence-electron chi connectivity index (χ0n) is 24.5. The number of para-hydroxylation sites is 1. The standard InChI is InChI=1S/C32H34N6O4S/c1-5-22-10-6-7-11-25(22)34-29(39)15-17-36-31(30(35-32(36)43)26-12-8-9-16-33-26)24-18-20(2)37(21(24)3)27-14-13-23(42-4)19-28(27)38(40)41/h6-14,16,18-19,30-31H,5,15,17H2,1-4H3,(H,34,39)(H,35,43)/t30-,31-/m0/s1. The maximum absolute atomic E-state index is 13.1. The summed E-state index contributed by atoms with van der Waals surface area (Å²) in [6.07, 6.45) is 2.77. The lowest BCUT2D eigenvalue weighted by molar-refractivity contribution is -0.384. The van der Waals surface area contributed by atoms with Gasteiger partial charge in [0, 0.05) is 36.2 Å². The molecular formula is C32H34N6O4S. The van der Waals surface area contributed by atoms with E-state index >= 15 is 0 Å². The third-order valence-corrected chi connectivity index (χ3v) is 8.21. The Labute approximate surface area is 255 Å².